The average Bonchev–Trinajstić information content (AvgIpc) is 2.42. The van der Waals surface area contributed by atoms with Crippen LogP contribution in [0, 0.1) is 23.0 Å². The highest BCUT2D eigenvalue weighted by Gasteiger charge is 2.45. The van der Waals surface area contributed by atoms with E-state index in [2.05, 4.69) is 0 Å². The normalized spacial score (nSPS) is 12.4. The van der Waals surface area contributed by atoms with Crippen molar-refractivity contribution in [3.8, 4) is 6.07 Å². The van der Waals surface area contributed by atoms with Gasteiger partial charge in [-0.05, 0) is 12.1 Å². The highest BCUT2D eigenvalue weighted by atomic mass is 19.4. The van der Waals surface area contributed by atoms with E-state index in [4.69, 9.17) is 5.26 Å². The largest absolute Gasteiger partial charge is 0.413 e. The molecule has 0 fully saturated rings. The Bertz CT molecular complexity index is 562. The molecule has 0 saturated carbocycles. The van der Waals surface area contributed by atoms with E-state index in [1.807, 2.05) is 0 Å². The van der Waals surface area contributed by atoms with Gasteiger partial charge in [-0.25, -0.2) is 13.6 Å². The first-order chi connectivity index (χ1) is 10.2. The number of alkyl halides is 3. The van der Waals surface area contributed by atoms with Crippen LogP contribution < -0.4 is 5.32 Å². The number of halogens is 5. The fourth-order valence-corrected chi connectivity index (χ4v) is 1.66. The minimum absolute atomic E-state index is 0.0886. The van der Waals surface area contributed by atoms with Crippen molar-refractivity contribution in [3.63, 3.8) is 0 Å². The van der Waals surface area contributed by atoms with Gasteiger partial charge in [0.2, 0.25) is 0 Å². The first-order valence-corrected chi connectivity index (χ1v) is 6.07. The van der Waals surface area contributed by atoms with Crippen LogP contribution in [0.2, 0.25) is 0 Å². The zero-order valence-electron chi connectivity index (χ0n) is 11.4. The van der Waals surface area contributed by atoms with Gasteiger partial charge in [0.1, 0.15) is 11.6 Å². The lowest BCUT2D eigenvalue weighted by Crippen LogP contribution is -2.45. The minimum Gasteiger partial charge on any atom is -0.327 e. The van der Waals surface area contributed by atoms with E-state index in [0.717, 1.165) is 18.0 Å². The Morgan fingerprint density at radius 1 is 1.36 bits per heavy atom. The quantitative estimate of drug-likeness (QED) is 0.866. The Morgan fingerprint density at radius 3 is 2.36 bits per heavy atom. The summed E-state index contributed by atoms with van der Waals surface area (Å²) < 4.78 is 66.1. The summed E-state index contributed by atoms with van der Waals surface area (Å²) in [4.78, 5) is 12.5. The molecule has 1 aromatic rings. The van der Waals surface area contributed by atoms with Crippen LogP contribution in [0.25, 0.3) is 0 Å². The predicted molar refractivity (Wildman–Crippen MR) is 66.5 cm³/mol. The zero-order chi connectivity index (χ0) is 16.9. The van der Waals surface area contributed by atoms with E-state index < -0.39 is 35.4 Å². The molecule has 9 heteroatoms. The fourth-order valence-electron chi connectivity index (χ4n) is 1.66. The van der Waals surface area contributed by atoms with Gasteiger partial charge in [0, 0.05) is 13.6 Å². The van der Waals surface area contributed by atoms with Crippen LogP contribution in [0.1, 0.15) is 18.0 Å². The molecule has 4 nitrogen and oxygen atoms in total. The summed E-state index contributed by atoms with van der Waals surface area (Å²) in [5, 5.41) is 9.91. The first kappa shape index (κ1) is 17.7. The number of amides is 2. The second-order valence-corrected chi connectivity index (χ2v) is 4.39. The molecule has 1 atom stereocenters. The minimum atomic E-state index is -5.09. The van der Waals surface area contributed by atoms with Crippen molar-refractivity contribution in [2.24, 2.45) is 0 Å². The maximum atomic E-state index is 13.5. The zero-order valence-corrected chi connectivity index (χ0v) is 11.4. The Kier molecular flexibility index (Phi) is 5.68. The predicted octanol–water partition coefficient (Wildman–Crippen LogP) is 3.12. The fraction of sp³-hybridized carbons (Fsp3) is 0.385. The summed E-state index contributed by atoms with van der Waals surface area (Å²) in [7, 11) is 1.16. The third-order valence-electron chi connectivity index (χ3n) is 2.79. The van der Waals surface area contributed by atoms with Crippen molar-refractivity contribution in [3.05, 3.63) is 35.4 Å². The molecule has 0 unspecified atom stereocenters. The van der Waals surface area contributed by atoms with Crippen LogP contribution in [0.5, 0.6) is 0 Å². The van der Waals surface area contributed by atoms with Crippen molar-refractivity contribution in [1.29, 1.82) is 5.26 Å². The second kappa shape index (κ2) is 7.06. The van der Waals surface area contributed by atoms with Gasteiger partial charge in [-0.15, -0.1) is 0 Å². The van der Waals surface area contributed by atoms with Crippen molar-refractivity contribution < 1.29 is 26.7 Å². The maximum Gasteiger partial charge on any atom is 0.413 e. The van der Waals surface area contributed by atoms with Crippen LogP contribution in [-0.2, 0) is 0 Å². The molecule has 1 aromatic carbocycles. The van der Waals surface area contributed by atoms with Gasteiger partial charge in [-0.2, -0.15) is 18.4 Å². The number of carbonyl (C=O) groups excluding carboxylic acids is 1. The highest BCUT2D eigenvalue weighted by Crippen LogP contribution is 2.35. The van der Waals surface area contributed by atoms with Crippen LogP contribution in [0.4, 0.5) is 26.7 Å². The molecule has 0 aromatic heterocycles. The molecule has 0 bridgehead atoms. The van der Waals surface area contributed by atoms with Gasteiger partial charge in [0.05, 0.1) is 18.1 Å². The number of carbonyl (C=O) groups is 1. The molecular formula is C13H12F5N3O. The lowest BCUT2D eigenvalue weighted by molar-refractivity contribution is -0.156. The number of nitrogens with zero attached hydrogens (tertiary/aromatic N) is 2. The second-order valence-electron chi connectivity index (χ2n) is 4.39. The molecule has 0 aliphatic carbocycles. The van der Waals surface area contributed by atoms with E-state index in [1.54, 1.807) is 6.07 Å². The smallest absolute Gasteiger partial charge is 0.327 e. The number of hydrogen-bond acceptors (Lipinski definition) is 2. The summed E-state index contributed by atoms with van der Waals surface area (Å²) in [5.74, 6) is -2.83. The Hall–Kier alpha value is -2.37. The van der Waals surface area contributed by atoms with Gasteiger partial charge >= 0.3 is 12.2 Å². The molecule has 0 radical (unpaired) electrons. The number of rotatable bonds is 4. The van der Waals surface area contributed by atoms with Crippen molar-refractivity contribution in [2.75, 3.05) is 13.6 Å². The first-order valence-electron chi connectivity index (χ1n) is 6.07. The molecule has 120 valence electrons. The summed E-state index contributed by atoms with van der Waals surface area (Å²) in [6.07, 6.45) is -5.18. The topological polar surface area (TPSA) is 56.1 Å². The van der Waals surface area contributed by atoms with E-state index >= 15 is 0 Å². The molecule has 22 heavy (non-hydrogen) atoms. The van der Waals surface area contributed by atoms with Gasteiger partial charge in [0.15, 0.2) is 6.04 Å². The molecule has 0 saturated heterocycles. The molecule has 1 N–H and O–H groups in total. The molecule has 0 spiro atoms. The van der Waals surface area contributed by atoms with Crippen LogP contribution >= 0.6 is 0 Å². The number of nitriles is 1. The Balaban J connectivity index is 3.07. The van der Waals surface area contributed by atoms with E-state index in [-0.39, 0.29) is 13.0 Å². The van der Waals surface area contributed by atoms with E-state index in [1.165, 1.54) is 5.32 Å². The van der Waals surface area contributed by atoms with Crippen molar-refractivity contribution >= 4 is 6.03 Å². The maximum absolute atomic E-state index is 13.5. The summed E-state index contributed by atoms with van der Waals surface area (Å²) in [6.45, 7) is -0.118. The summed E-state index contributed by atoms with van der Waals surface area (Å²) in [5.41, 5.74) is -1.28. The molecule has 0 heterocycles. The van der Waals surface area contributed by atoms with Gasteiger partial charge in [0.25, 0.3) is 0 Å². The van der Waals surface area contributed by atoms with Gasteiger partial charge < -0.3 is 10.2 Å². The van der Waals surface area contributed by atoms with Crippen molar-refractivity contribution in [1.82, 2.24) is 10.2 Å². The molecular weight excluding hydrogens is 309 g/mol. The Morgan fingerprint density at radius 2 is 1.91 bits per heavy atom. The van der Waals surface area contributed by atoms with E-state index in [9.17, 15) is 26.7 Å². The van der Waals surface area contributed by atoms with Crippen LogP contribution in [0.3, 0.4) is 0 Å². The summed E-state index contributed by atoms with van der Waals surface area (Å²) in [6, 6.07) is -0.0414. The Labute approximate surface area is 123 Å². The third-order valence-corrected chi connectivity index (χ3v) is 2.79. The average molecular weight is 321 g/mol. The number of benzene rings is 1. The SMILES string of the molecule is CN(CCC#N)C(=O)N[C@H](c1c(F)cccc1F)C(F)(F)F. The standard InChI is InChI=1S/C13H12F5N3O/c1-21(7-3-6-19)12(22)20-11(13(16,17)18)10-8(14)4-2-5-9(10)15/h2,4-5,11H,3,7H2,1H3,(H,20,22)/t11-/m1/s1. The third kappa shape index (κ3) is 4.31. The van der Waals surface area contributed by atoms with Crippen LogP contribution in [-0.4, -0.2) is 30.7 Å². The highest BCUT2D eigenvalue weighted by molar-refractivity contribution is 5.74. The number of hydrogen-bond donors (Lipinski definition) is 1. The molecule has 0 aliphatic rings. The molecule has 1 rings (SSSR count). The number of urea groups is 1. The lowest BCUT2D eigenvalue weighted by Gasteiger charge is -2.25. The van der Waals surface area contributed by atoms with Crippen LogP contribution in [0.15, 0.2) is 18.2 Å². The van der Waals surface area contributed by atoms with Crippen molar-refractivity contribution in [2.45, 2.75) is 18.6 Å². The van der Waals surface area contributed by atoms with Gasteiger partial charge in [-0.3, -0.25) is 0 Å². The summed E-state index contributed by atoms with van der Waals surface area (Å²) >= 11 is 0. The lowest BCUT2D eigenvalue weighted by atomic mass is 10.1. The monoisotopic (exact) mass is 321 g/mol. The van der Waals surface area contributed by atoms with E-state index in [0.29, 0.717) is 12.1 Å². The number of nitrogens with one attached hydrogen (secondary N) is 1. The molecule has 0 aliphatic heterocycles. The molecule has 2 amide bonds. The van der Waals surface area contributed by atoms with Gasteiger partial charge in [-0.1, -0.05) is 6.07 Å².